The van der Waals surface area contributed by atoms with Crippen molar-refractivity contribution >= 4 is 23.2 Å². The van der Waals surface area contributed by atoms with Crippen molar-refractivity contribution in [2.45, 2.75) is 12.5 Å². The minimum absolute atomic E-state index is 0.210. The first-order valence-electron chi connectivity index (χ1n) is 9.16. The van der Waals surface area contributed by atoms with Gasteiger partial charge in [0.15, 0.2) is 11.5 Å². The first-order chi connectivity index (χ1) is 14.6. The van der Waals surface area contributed by atoms with Gasteiger partial charge in [-0.15, -0.1) is 11.3 Å². The minimum Gasteiger partial charge on any atom is -0.493 e. The van der Waals surface area contributed by atoms with Crippen molar-refractivity contribution in [3.05, 3.63) is 65.2 Å². The van der Waals surface area contributed by atoms with Crippen molar-refractivity contribution in [1.29, 1.82) is 0 Å². The zero-order valence-electron chi connectivity index (χ0n) is 16.9. The molecule has 1 aromatic heterocycles. The fourth-order valence-electron chi connectivity index (χ4n) is 2.97. The number of para-hydroxylation sites is 1. The van der Waals surface area contributed by atoms with Crippen LogP contribution in [0.15, 0.2) is 53.9 Å². The molecule has 0 fully saturated rings. The third kappa shape index (κ3) is 4.77. The van der Waals surface area contributed by atoms with Gasteiger partial charge in [-0.1, -0.05) is 36.4 Å². The Bertz CT molecular complexity index is 1020. The normalized spacial score (nSPS) is 11.4. The molecule has 1 amide bonds. The fraction of sp³-hybridized carbons (Fsp3) is 0.227. The van der Waals surface area contributed by atoms with Crippen molar-refractivity contribution in [3.8, 4) is 22.1 Å². The number of esters is 1. The van der Waals surface area contributed by atoms with E-state index >= 15 is 0 Å². The summed E-state index contributed by atoms with van der Waals surface area (Å²) in [4.78, 5) is 29.4. The van der Waals surface area contributed by atoms with Gasteiger partial charge in [-0.3, -0.25) is 4.79 Å². The number of rotatable bonds is 8. The molecule has 8 heteroatoms. The number of ether oxygens (including phenoxy) is 3. The Kier molecular flexibility index (Phi) is 7.03. The zero-order valence-corrected chi connectivity index (χ0v) is 17.7. The maximum absolute atomic E-state index is 12.8. The molecule has 0 bridgehead atoms. The number of hydrogen-bond donors (Lipinski definition) is 1. The van der Waals surface area contributed by atoms with Gasteiger partial charge in [-0.25, -0.2) is 9.78 Å². The van der Waals surface area contributed by atoms with E-state index in [0.29, 0.717) is 22.9 Å². The molecule has 1 heterocycles. The van der Waals surface area contributed by atoms with Gasteiger partial charge in [-0.05, 0) is 17.7 Å². The molecule has 2 aromatic carbocycles. The summed E-state index contributed by atoms with van der Waals surface area (Å²) in [6.45, 7) is 0. The molecule has 0 saturated carbocycles. The van der Waals surface area contributed by atoms with Gasteiger partial charge >= 0.3 is 5.97 Å². The highest BCUT2D eigenvalue weighted by Crippen LogP contribution is 2.38. The maximum atomic E-state index is 12.8. The fourth-order valence-corrected chi connectivity index (χ4v) is 3.80. The van der Waals surface area contributed by atoms with Crippen LogP contribution in [0, 0.1) is 0 Å². The van der Waals surface area contributed by atoms with Crippen LogP contribution in [-0.4, -0.2) is 44.2 Å². The van der Waals surface area contributed by atoms with Crippen molar-refractivity contribution < 1.29 is 23.8 Å². The summed E-state index contributed by atoms with van der Waals surface area (Å²) in [5.41, 5.74) is 1.84. The first kappa shape index (κ1) is 21.3. The lowest BCUT2D eigenvalue weighted by molar-refractivity contribution is -0.142. The third-order valence-electron chi connectivity index (χ3n) is 4.44. The van der Waals surface area contributed by atoms with Crippen LogP contribution in [-0.2, 0) is 16.0 Å². The number of thiazole rings is 1. The quantitative estimate of drug-likeness (QED) is 0.556. The van der Waals surface area contributed by atoms with E-state index in [1.165, 1.54) is 18.4 Å². The van der Waals surface area contributed by atoms with Crippen LogP contribution in [0.1, 0.15) is 16.1 Å². The second-order valence-electron chi connectivity index (χ2n) is 6.32. The number of nitrogens with zero attached hydrogens (tertiary/aromatic N) is 1. The summed E-state index contributed by atoms with van der Waals surface area (Å²) in [5.74, 6) is 0.144. The Morgan fingerprint density at radius 2 is 1.80 bits per heavy atom. The maximum Gasteiger partial charge on any atom is 0.328 e. The number of nitrogens with one attached hydrogen (secondary N) is 1. The number of methoxy groups -OCH3 is 3. The summed E-state index contributed by atoms with van der Waals surface area (Å²) >= 11 is 1.30. The number of carbonyl (C=O) groups excluding carboxylic acids is 2. The van der Waals surface area contributed by atoms with Gasteiger partial charge in [0, 0.05) is 11.8 Å². The molecular formula is C22H22N2O5S. The highest BCUT2D eigenvalue weighted by Gasteiger charge is 2.24. The molecule has 1 N–H and O–H groups in total. The van der Waals surface area contributed by atoms with Gasteiger partial charge in [-0.2, -0.15) is 0 Å². The largest absolute Gasteiger partial charge is 0.493 e. The molecule has 0 saturated heterocycles. The van der Waals surface area contributed by atoms with E-state index in [9.17, 15) is 9.59 Å². The summed E-state index contributed by atoms with van der Waals surface area (Å²) < 4.78 is 15.6. The Morgan fingerprint density at radius 1 is 1.03 bits per heavy atom. The number of amides is 1. The van der Waals surface area contributed by atoms with Gasteiger partial charge in [0.2, 0.25) is 0 Å². The molecule has 0 aliphatic carbocycles. The monoisotopic (exact) mass is 426 g/mol. The average molecular weight is 426 g/mol. The first-order valence-corrected chi connectivity index (χ1v) is 10.0. The highest BCUT2D eigenvalue weighted by molar-refractivity contribution is 7.13. The summed E-state index contributed by atoms with van der Waals surface area (Å²) in [7, 11) is 4.40. The van der Waals surface area contributed by atoms with E-state index in [1.54, 1.807) is 25.7 Å². The second-order valence-corrected chi connectivity index (χ2v) is 7.18. The lowest BCUT2D eigenvalue weighted by Gasteiger charge is -2.16. The van der Waals surface area contributed by atoms with Gasteiger partial charge in [0.05, 0.1) is 26.9 Å². The van der Waals surface area contributed by atoms with Crippen molar-refractivity contribution in [3.63, 3.8) is 0 Å². The number of aromatic nitrogens is 1. The summed E-state index contributed by atoms with van der Waals surface area (Å²) in [5, 5.41) is 4.97. The molecule has 30 heavy (non-hydrogen) atoms. The van der Waals surface area contributed by atoms with Gasteiger partial charge in [0.1, 0.15) is 16.7 Å². The minimum atomic E-state index is -0.818. The Balaban J connectivity index is 1.81. The van der Waals surface area contributed by atoms with Crippen molar-refractivity contribution in [2.24, 2.45) is 0 Å². The molecule has 0 radical (unpaired) electrons. The van der Waals surface area contributed by atoms with E-state index in [2.05, 4.69) is 10.3 Å². The molecule has 3 aromatic rings. The van der Waals surface area contributed by atoms with E-state index < -0.39 is 17.9 Å². The molecule has 156 valence electrons. The van der Waals surface area contributed by atoms with Crippen LogP contribution in [0.2, 0.25) is 0 Å². The average Bonchev–Trinajstić information content (AvgIpc) is 3.28. The van der Waals surface area contributed by atoms with Crippen molar-refractivity contribution in [2.75, 3.05) is 21.3 Å². The van der Waals surface area contributed by atoms with Crippen LogP contribution in [0.3, 0.4) is 0 Å². The molecule has 0 unspecified atom stereocenters. The van der Waals surface area contributed by atoms with Crippen LogP contribution in [0.25, 0.3) is 10.6 Å². The van der Waals surface area contributed by atoms with Crippen LogP contribution in [0.4, 0.5) is 0 Å². The predicted molar refractivity (Wildman–Crippen MR) is 114 cm³/mol. The second kappa shape index (κ2) is 9.89. The van der Waals surface area contributed by atoms with Crippen LogP contribution < -0.4 is 14.8 Å². The number of benzene rings is 2. The Labute approximate surface area is 178 Å². The predicted octanol–water partition coefficient (Wildman–Crippen LogP) is 3.34. The van der Waals surface area contributed by atoms with E-state index in [1.807, 2.05) is 42.5 Å². The molecular weight excluding hydrogens is 404 g/mol. The standard InChI is InChI=1S/C22H22N2O5S/c1-27-18-11-7-10-15(19(18)28-2)21-24-17(13-30-21)20(25)23-16(22(26)29-3)12-14-8-5-4-6-9-14/h4-11,13,16H,12H2,1-3H3,(H,23,25)/t16-/m0/s1. The lowest BCUT2D eigenvalue weighted by Crippen LogP contribution is -2.43. The molecule has 0 aliphatic rings. The van der Waals surface area contributed by atoms with Crippen molar-refractivity contribution in [1.82, 2.24) is 10.3 Å². The SMILES string of the molecule is COC(=O)[C@H](Cc1ccccc1)NC(=O)c1csc(-c2cccc(OC)c2OC)n1. The van der Waals surface area contributed by atoms with Crippen LogP contribution >= 0.6 is 11.3 Å². The van der Waals surface area contributed by atoms with Gasteiger partial charge < -0.3 is 19.5 Å². The molecule has 3 rings (SSSR count). The Morgan fingerprint density at radius 3 is 2.47 bits per heavy atom. The Hall–Kier alpha value is -3.39. The summed E-state index contributed by atoms with van der Waals surface area (Å²) in [6, 6.07) is 14.0. The zero-order chi connectivity index (χ0) is 21.5. The molecule has 0 aliphatic heterocycles. The van der Waals surface area contributed by atoms with E-state index in [0.717, 1.165) is 11.1 Å². The third-order valence-corrected chi connectivity index (χ3v) is 5.32. The van der Waals surface area contributed by atoms with E-state index in [-0.39, 0.29) is 5.69 Å². The number of hydrogen-bond acceptors (Lipinski definition) is 7. The van der Waals surface area contributed by atoms with E-state index in [4.69, 9.17) is 14.2 Å². The lowest BCUT2D eigenvalue weighted by atomic mass is 10.1. The number of carbonyl (C=O) groups is 2. The van der Waals surface area contributed by atoms with Gasteiger partial charge in [0.25, 0.3) is 5.91 Å². The summed E-state index contributed by atoms with van der Waals surface area (Å²) in [6.07, 6.45) is 0.319. The smallest absolute Gasteiger partial charge is 0.328 e. The highest BCUT2D eigenvalue weighted by atomic mass is 32.1. The molecule has 7 nitrogen and oxygen atoms in total. The molecule has 1 atom stereocenters. The topological polar surface area (TPSA) is 86.8 Å². The van der Waals surface area contributed by atoms with Crippen LogP contribution in [0.5, 0.6) is 11.5 Å². The molecule has 0 spiro atoms.